The van der Waals surface area contributed by atoms with Gasteiger partial charge in [0.1, 0.15) is 17.3 Å². The van der Waals surface area contributed by atoms with Gasteiger partial charge in [-0.3, -0.25) is 0 Å². The molecule has 3 aromatic rings. The average molecular weight is 353 g/mol. The molecule has 0 fully saturated rings. The number of unbranched alkanes of at least 4 members (excludes halogenated alkanes) is 2. The number of rotatable bonds is 5. The molecule has 0 unspecified atom stereocenters. The van der Waals surface area contributed by atoms with Gasteiger partial charge in [0.05, 0.1) is 10.7 Å². The van der Waals surface area contributed by atoms with E-state index in [4.69, 9.17) is 23.2 Å². The first-order valence-corrected chi connectivity index (χ1v) is 8.21. The third-order valence-electron chi connectivity index (χ3n) is 3.71. The molecule has 0 atom stereocenters. The molecule has 0 aliphatic rings. The highest BCUT2D eigenvalue weighted by Gasteiger charge is 2.21. The Balaban J connectivity index is 2.26. The number of benzene rings is 1. The van der Waals surface area contributed by atoms with Crippen LogP contribution in [0.25, 0.3) is 16.9 Å². The Hall–Kier alpha value is -1.72. The predicted molar refractivity (Wildman–Crippen MR) is 89.4 cm³/mol. The molecule has 7 heteroatoms. The summed E-state index contributed by atoms with van der Waals surface area (Å²) in [7, 11) is 0. The van der Waals surface area contributed by atoms with E-state index < -0.39 is 5.82 Å². The van der Waals surface area contributed by atoms with E-state index in [2.05, 4.69) is 22.0 Å². The standard InChI is InChI=1S/C16H15Cl2FN4/c1-2-3-4-8-12-14(13-10(17)6-5-7-11(13)19)15(18)22-16-20-9-21-23(12)16/h5-7,9H,2-4,8H2,1H3. The Morgan fingerprint density at radius 1 is 1.17 bits per heavy atom. The zero-order chi connectivity index (χ0) is 16.4. The van der Waals surface area contributed by atoms with Crippen molar-refractivity contribution < 1.29 is 4.39 Å². The van der Waals surface area contributed by atoms with Crippen molar-refractivity contribution in [1.29, 1.82) is 0 Å². The topological polar surface area (TPSA) is 43.1 Å². The molecule has 2 heterocycles. The van der Waals surface area contributed by atoms with E-state index in [9.17, 15) is 4.39 Å². The fourth-order valence-electron chi connectivity index (χ4n) is 2.63. The van der Waals surface area contributed by atoms with Crippen molar-refractivity contribution in [3.8, 4) is 11.1 Å². The van der Waals surface area contributed by atoms with Gasteiger partial charge in [-0.15, -0.1) is 0 Å². The first kappa shape index (κ1) is 16.1. The molecule has 0 aliphatic heterocycles. The smallest absolute Gasteiger partial charge is 0.206 e. The van der Waals surface area contributed by atoms with E-state index in [-0.39, 0.29) is 10.7 Å². The van der Waals surface area contributed by atoms with Crippen molar-refractivity contribution in [3.63, 3.8) is 0 Å². The van der Waals surface area contributed by atoms with Gasteiger partial charge in [-0.1, -0.05) is 49.0 Å². The van der Waals surface area contributed by atoms with Crippen LogP contribution in [0.4, 0.5) is 4.39 Å². The van der Waals surface area contributed by atoms with Crippen LogP contribution in [0.1, 0.15) is 31.9 Å². The van der Waals surface area contributed by atoms with E-state index in [1.807, 2.05) is 0 Å². The zero-order valence-corrected chi connectivity index (χ0v) is 14.1. The van der Waals surface area contributed by atoms with E-state index in [1.165, 1.54) is 12.4 Å². The van der Waals surface area contributed by atoms with E-state index in [0.29, 0.717) is 22.8 Å². The molecule has 4 nitrogen and oxygen atoms in total. The third kappa shape index (κ3) is 3.03. The molecule has 0 N–H and O–H groups in total. The minimum absolute atomic E-state index is 0.184. The Bertz CT molecular complexity index is 827. The lowest BCUT2D eigenvalue weighted by Crippen LogP contribution is -2.06. The number of halogens is 3. The number of fused-ring (bicyclic) bond motifs is 1. The summed E-state index contributed by atoms with van der Waals surface area (Å²) >= 11 is 12.6. The summed E-state index contributed by atoms with van der Waals surface area (Å²) in [6, 6.07) is 4.56. The maximum atomic E-state index is 14.4. The summed E-state index contributed by atoms with van der Waals surface area (Å²) in [6.07, 6.45) is 5.17. The van der Waals surface area contributed by atoms with E-state index in [0.717, 1.165) is 25.0 Å². The third-order valence-corrected chi connectivity index (χ3v) is 4.30. The highest BCUT2D eigenvalue weighted by molar-refractivity contribution is 6.36. The first-order chi connectivity index (χ1) is 11.1. The van der Waals surface area contributed by atoms with Crippen LogP contribution < -0.4 is 0 Å². The van der Waals surface area contributed by atoms with Crippen LogP contribution in [-0.2, 0) is 6.42 Å². The summed E-state index contributed by atoms with van der Waals surface area (Å²) in [6.45, 7) is 2.12. The second-order valence-electron chi connectivity index (χ2n) is 5.25. The first-order valence-electron chi connectivity index (χ1n) is 7.46. The van der Waals surface area contributed by atoms with Crippen molar-refractivity contribution in [1.82, 2.24) is 19.6 Å². The maximum Gasteiger partial charge on any atom is 0.253 e. The Morgan fingerprint density at radius 2 is 2.00 bits per heavy atom. The molecule has 0 saturated heterocycles. The molecule has 2 aromatic heterocycles. The second kappa shape index (κ2) is 6.81. The predicted octanol–water partition coefficient (Wildman–Crippen LogP) is 4.97. The van der Waals surface area contributed by atoms with Crippen LogP contribution >= 0.6 is 23.2 Å². The van der Waals surface area contributed by atoms with Crippen LogP contribution in [0.3, 0.4) is 0 Å². The van der Waals surface area contributed by atoms with Gasteiger partial charge in [0.15, 0.2) is 0 Å². The minimum atomic E-state index is -0.433. The quantitative estimate of drug-likeness (QED) is 0.480. The number of hydrogen-bond donors (Lipinski definition) is 0. The number of hydrogen-bond acceptors (Lipinski definition) is 3. The van der Waals surface area contributed by atoms with Crippen LogP contribution in [0.5, 0.6) is 0 Å². The van der Waals surface area contributed by atoms with Gasteiger partial charge in [-0.25, -0.2) is 8.91 Å². The van der Waals surface area contributed by atoms with Crippen molar-refractivity contribution >= 4 is 29.0 Å². The second-order valence-corrected chi connectivity index (χ2v) is 6.02. The summed E-state index contributed by atoms with van der Waals surface area (Å²) < 4.78 is 16.0. The summed E-state index contributed by atoms with van der Waals surface area (Å²) in [5.74, 6) is -0.0323. The van der Waals surface area contributed by atoms with E-state index in [1.54, 1.807) is 16.6 Å². The van der Waals surface area contributed by atoms with Crippen molar-refractivity contribution in [2.75, 3.05) is 0 Å². The van der Waals surface area contributed by atoms with E-state index >= 15 is 0 Å². The molecule has 23 heavy (non-hydrogen) atoms. The van der Waals surface area contributed by atoms with Crippen LogP contribution in [-0.4, -0.2) is 19.6 Å². The van der Waals surface area contributed by atoms with Gasteiger partial charge < -0.3 is 0 Å². The largest absolute Gasteiger partial charge is 0.253 e. The molecule has 120 valence electrons. The lowest BCUT2D eigenvalue weighted by atomic mass is 10.0. The maximum absolute atomic E-state index is 14.4. The molecule has 0 aliphatic carbocycles. The van der Waals surface area contributed by atoms with Crippen LogP contribution in [0.15, 0.2) is 24.5 Å². The normalized spacial score (nSPS) is 11.3. The molecule has 3 rings (SSSR count). The molecule has 0 saturated carbocycles. The Morgan fingerprint density at radius 3 is 2.74 bits per heavy atom. The molecule has 0 spiro atoms. The number of aryl methyl sites for hydroxylation is 1. The van der Waals surface area contributed by atoms with Gasteiger partial charge in [0.25, 0.3) is 5.78 Å². The minimum Gasteiger partial charge on any atom is -0.206 e. The van der Waals surface area contributed by atoms with Gasteiger partial charge in [-0.05, 0) is 25.0 Å². The molecule has 1 aromatic carbocycles. The highest BCUT2D eigenvalue weighted by Crippen LogP contribution is 2.37. The van der Waals surface area contributed by atoms with Gasteiger partial charge in [-0.2, -0.15) is 15.1 Å². The Labute approximate surface area is 143 Å². The SMILES string of the molecule is CCCCCc1c(-c2c(F)cccc2Cl)c(Cl)nc2ncnn12. The molecule has 0 radical (unpaired) electrons. The fraction of sp³-hybridized carbons (Fsp3) is 0.312. The summed E-state index contributed by atoms with van der Waals surface area (Å²) in [5.41, 5.74) is 1.53. The van der Waals surface area contributed by atoms with Crippen molar-refractivity contribution in [3.05, 3.63) is 46.2 Å². The molecular formula is C16H15Cl2FN4. The lowest BCUT2D eigenvalue weighted by molar-refractivity contribution is 0.630. The molecular weight excluding hydrogens is 338 g/mol. The molecule has 0 bridgehead atoms. The van der Waals surface area contributed by atoms with Gasteiger partial charge >= 0.3 is 0 Å². The van der Waals surface area contributed by atoms with Crippen LogP contribution in [0.2, 0.25) is 10.2 Å². The lowest BCUT2D eigenvalue weighted by Gasteiger charge is -2.14. The highest BCUT2D eigenvalue weighted by atomic mass is 35.5. The monoisotopic (exact) mass is 352 g/mol. The number of aromatic nitrogens is 4. The van der Waals surface area contributed by atoms with Crippen molar-refractivity contribution in [2.45, 2.75) is 32.6 Å². The van der Waals surface area contributed by atoms with Crippen LogP contribution in [0, 0.1) is 5.82 Å². The zero-order valence-electron chi connectivity index (χ0n) is 12.6. The summed E-state index contributed by atoms with van der Waals surface area (Å²) in [4.78, 5) is 8.29. The van der Waals surface area contributed by atoms with Gasteiger partial charge in [0.2, 0.25) is 0 Å². The molecule has 0 amide bonds. The fourth-order valence-corrected chi connectivity index (χ4v) is 3.16. The average Bonchev–Trinajstić information content (AvgIpc) is 2.97. The number of nitrogens with zero attached hydrogens (tertiary/aromatic N) is 4. The van der Waals surface area contributed by atoms with Gasteiger partial charge in [0, 0.05) is 11.1 Å². The Kier molecular flexibility index (Phi) is 4.78. The summed E-state index contributed by atoms with van der Waals surface area (Å²) in [5, 5.41) is 4.68. The van der Waals surface area contributed by atoms with Crippen molar-refractivity contribution in [2.24, 2.45) is 0 Å².